The van der Waals surface area contributed by atoms with E-state index >= 15 is 0 Å². The molecular weight excluding hydrogens is 274 g/mol. The van der Waals surface area contributed by atoms with E-state index in [1.165, 1.54) is 5.56 Å². The summed E-state index contributed by atoms with van der Waals surface area (Å²) in [6.07, 6.45) is 1.65. The molecule has 2 heterocycles. The number of aryl methyl sites for hydroxylation is 2. The maximum atomic E-state index is 6.33. The molecule has 3 rings (SSSR count). The number of hydrogen-bond acceptors (Lipinski definition) is 3. The smallest absolute Gasteiger partial charge is 0.130 e. The molecule has 4 nitrogen and oxygen atoms in total. The Labute approximate surface area is 123 Å². The lowest BCUT2D eigenvalue weighted by molar-refractivity contribution is 0.357. The molecule has 0 amide bonds. The first-order chi connectivity index (χ1) is 9.56. The summed E-state index contributed by atoms with van der Waals surface area (Å²) in [5.74, 6) is 0.983. The van der Waals surface area contributed by atoms with Crippen molar-refractivity contribution in [1.29, 1.82) is 0 Å². The summed E-state index contributed by atoms with van der Waals surface area (Å²) in [4.78, 5) is 0. The van der Waals surface area contributed by atoms with E-state index in [1.54, 1.807) is 4.68 Å². The molecule has 1 atom stereocenters. The van der Waals surface area contributed by atoms with Gasteiger partial charge in [0.1, 0.15) is 10.9 Å². The molecular formula is C15H18ClN3O. The van der Waals surface area contributed by atoms with Crippen LogP contribution in [-0.4, -0.2) is 16.4 Å². The molecule has 0 radical (unpaired) electrons. The molecule has 2 N–H and O–H groups in total. The number of aromatic nitrogens is 2. The molecule has 106 valence electrons. The second-order valence-electron chi connectivity index (χ2n) is 5.25. The molecule has 0 bridgehead atoms. The minimum absolute atomic E-state index is 0.0821. The van der Waals surface area contributed by atoms with Crippen LogP contribution < -0.4 is 10.5 Å². The van der Waals surface area contributed by atoms with Crippen molar-refractivity contribution in [3.63, 3.8) is 0 Å². The molecule has 20 heavy (non-hydrogen) atoms. The average Bonchev–Trinajstić information content (AvgIpc) is 2.98. The molecule has 0 saturated carbocycles. The Morgan fingerprint density at radius 1 is 1.50 bits per heavy atom. The monoisotopic (exact) mass is 291 g/mol. The van der Waals surface area contributed by atoms with Crippen molar-refractivity contribution in [2.75, 3.05) is 6.61 Å². The number of fused-ring (bicyclic) bond motifs is 1. The van der Waals surface area contributed by atoms with Gasteiger partial charge in [0.05, 0.1) is 12.3 Å². The van der Waals surface area contributed by atoms with Crippen LogP contribution in [0.2, 0.25) is 5.15 Å². The predicted octanol–water partition coefficient (Wildman–Crippen LogP) is 2.56. The summed E-state index contributed by atoms with van der Waals surface area (Å²) in [6, 6.07) is 6.11. The molecule has 5 heteroatoms. The van der Waals surface area contributed by atoms with E-state index in [2.05, 4.69) is 11.2 Å². The SMILES string of the molecule is Cc1nn(C)c(Cl)c1CC(N)c1ccc2c(c1)CCO2. The number of halogens is 1. The Morgan fingerprint density at radius 3 is 3.00 bits per heavy atom. The van der Waals surface area contributed by atoms with Gasteiger partial charge in [0.25, 0.3) is 0 Å². The van der Waals surface area contributed by atoms with E-state index in [-0.39, 0.29) is 6.04 Å². The molecule has 0 aliphatic carbocycles. The molecule has 1 aliphatic rings. The lowest BCUT2D eigenvalue weighted by Gasteiger charge is -2.13. The van der Waals surface area contributed by atoms with Crippen LogP contribution in [0.3, 0.4) is 0 Å². The Hall–Kier alpha value is -1.52. The maximum absolute atomic E-state index is 6.33. The van der Waals surface area contributed by atoms with Gasteiger partial charge in [-0.25, -0.2) is 0 Å². The van der Waals surface area contributed by atoms with Crippen molar-refractivity contribution in [3.8, 4) is 5.75 Å². The average molecular weight is 292 g/mol. The number of ether oxygens (including phenoxy) is 1. The second-order valence-corrected chi connectivity index (χ2v) is 5.61. The first-order valence-corrected chi connectivity index (χ1v) is 7.13. The second kappa shape index (κ2) is 5.11. The van der Waals surface area contributed by atoms with Crippen LogP contribution >= 0.6 is 11.6 Å². The first kappa shape index (κ1) is 13.5. The van der Waals surface area contributed by atoms with Crippen molar-refractivity contribution in [2.45, 2.75) is 25.8 Å². The number of hydrogen-bond donors (Lipinski definition) is 1. The molecule has 1 aromatic carbocycles. The van der Waals surface area contributed by atoms with Crippen LogP contribution in [0, 0.1) is 6.92 Å². The zero-order valence-corrected chi connectivity index (χ0v) is 12.4. The fraction of sp³-hybridized carbons (Fsp3) is 0.400. The summed E-state index contributed by atoms with van der Waals surface area (Å²) in [6.45, 7) is 2.73. The normalized spacial score (nSPS) is 15.0. The van der Waals surface area contributed by atoms with E-state index in [9.17, 15) is 0 Å². The van der Waals surface area contributed by atoms with Crippen LogP contribution in [-0.2, 0) is 19.9 Å². The third-order valence-electron chi connectivity index (χ3n) is 3.84. The van der Waals surface area contributed by atoms with Crippen LogP contribution in [0.1, 0.15) is 28.4 Å². The largest absolute Gasteiger partial charge is 0.493 e. The number of rotatable bonds is 3. The summed E-state index contributed by atoms with van der Waals surface area (Å²) >= 11 is 6.26. The highest BCUT2D eigenvalue weighted by Gasteiger charge is 2.18. The first-order valence-electron chi connectivity index (χ1n) is 6.75. The van der Waals surface area contributed by atoms with Gasteiger partial charge < -0.3 is 10.5 Å². The van der Waals surface area contributed by atoms with Gasteiger partial charge in [0.2, 0.25) is 0 Å². The van der Waals surface area contributed by atoms with Gasteiger partial charge in [-0.3, -0.25) is 4.68 Å². The highest BCUT2D eigenvalue weighted by Crippen LogP contribution is 2.30. The summed E-state index contributed by atoms with van der Waals surface area (Å²) in [5, 5.41) is 4.99. The van der Waals surface area contributed by atoms with E-state index in [0.717, 1.165) is 35.6 Å². The molecule has 0 spiro atoms. The molecule has 1 aliphatic heterocycles. The maximum Gasteiger partial charge on any atom is 0.130 e. The van der Waals surface area contributed by atoms with Crippen molar-refractivity contribution < 1.29 is 4.74 Å². The van der Waals surface area contributed by atoms with Crippen molar-refractivity contribution in [3.05, 3.63) is 45.7 Å². The Kier molecular flexibility index (Phi) is 3.44. The fourth-order valence-electron chi connectivity index (χ4n) is 2.68. The van der Waals surface area contributed by atoms with E-state index in [1.807, 2.05) is 26.1 Å². The predicted molar refractivity (Wildman–Crippen MR) is 79.2 cm³/mol. The summed E-state index contributed by atoms with van der Waals surface area (Å²) in [5.41, 5.74) is 10.7. The lowest BCUT2D eigenvalue weighted by atomic mass is 9.98. The van der Waals surface area contributed by atoms with Crippen LogP contribution in [0.4, 0.5) is 0 Å². The van der Waals surface area contributed by atoms with Gasteiger partial charge in [-0.1, -0.05) is 23.7 Å². The Morgan fingerprint density at radius 2 is 2.30 bits per heavy atom. The molecule has 1 unspecified atom stereocenters. The summed E-state index contributed by atoms with van der Waals surface area (Å²) < 4.78 is 7.21. The minimum Gasteiger partial charge on any atom is -0.493 e. The standard InChI is InChI=1S/C15H18ClN3O/c1-9-12(15(16)19(2)18-9)8-13(17)10-3-4-14-11(7-10)5-6-20-14/h3-4,7,13H,5-6,8,17H2,1-2H3. The van der Waals surface area contributed by atoms with Gasteiger partial charge in [-0.05, 0) is 30.5 Å². The highest BCUT2D eigenvalue weighted by atomic mass is 35.5. The van der Waals surface area contributed by atoms with Crippen LogP contribution in [0.5, 0.6) is 5.75 Å². The van der Waals surface area contributed by atoms with Crippen molar-refractivity contribution in [2.24, 2.45) is 12.8 Å². The van der Waals surface area contributed by atoms with Crippen LogP contribution in [0.25, 0.3) is 0 Å². The van der Waals surface area contributed by atoms with Crippen LogP contribution in [0.15, 0.2) is 18.2 Å². The third kappa shape index (κ3) is 2.30. The lowest BCUT2D eigenvalue weighted by Crippen LogP contribution is -2.14. The zero-order chi connectivity index (χ0) is 14.3. The Balaban J connectivity index is 1.84. The van der Waals surface area contributed by atoms with Crippen molar-refractivity contribution >= 4 is 11.6 Å². The minimum atomic E-state index is -0.0821. The van der Waals surface area contributed by atoms with Gasteiger partial charge in [-0.15, -0.1) is 0 Å². The van der Waals surface area contributed by atoms with E-state index < -0.39 is 0 Å². The molecule has 1 aromatic heterocycles. The van der Waals surface area contributed by atoms with Gasteiger partial charge in [0, 0.05) is 25.1 Å². The zero-order valence-electron chi connectivity index (χ0n) is 11.7. The number of nitrogens with zero attached hydrogens (tertiary/aromatic N) is 2. The van der Waals surface area contributed by atoms with Gasteiger partial charge >= 0.3 is 0 Å². The van der Waals surface area contributed by atoms with Gasteiger partial charge in [-0.2, -0.15) is 5.10 Å². The van der Waals surface area contributed by atoms with E-state index in [4.69, 9.17) is 22.1 Å². The topological polar surface area (TPSA) is 53.1 Å². The molecule has 0 saturated heterocycles. The molecule has 0 fully saturated rings. The number of benzene rings is 1. The summed E-state index contributed by atoms with van der Waals surface area (Å²) in [7, 11) is 1.84. The van der Waals surface area contributed by atoms with Crippen molar-refractivity contribution in [1.82, 2.24) is 9.78 Å². The quantitative estimate of drug-likeness (QED) is 0.945. The number of nitrogens with two attached hydrogens (primary N) is 1. The van der Waals surface area contributed by atoms with E-state index in [0.29, 0.717) is 11.6 Å². The molecule has 2 aromatic rings. The third-order valence-corrected chi connectivity index (χ3v) is 4.31. The van der Waals surface area contributed by atoms with Gasteiger partial charge in [0.15, 0.2) is 0 Å². The highest BCUT2D eigenvalue weighted by molar-refractivity contribution is 6.30. The Bertz CT molecular complexity index is 651. The fourth-order valence-corrected chi connectivity index (χ4v) is 2.93.